The third-order valence-electron chi connectivity index (χ3n) is 3.85. The van der Waals surface area contributed by atoms with Crippen LogP contribution in [-0.4, -0.2) is 49.7 Å². The fraction of sp³-hybridized carbons (Fsp3) is 0.643. The highest BCUT2D eigenvalue weighted by Gasteiger charge is 2.17. The van der Waals surface area contributed by atoms with Gasteiger partial charge < -0.3 is 15.1 Å². The summed E-state index contributed by atoms with van der Waals surface area (Å²) in [7, 11) is 1.99. The SMILES string of the molecule is CCN1CCN(c2cc(C(C)NC)ccn2)CC1. The van der Waals surface area contributed by atoms with Gasteiger partial charge in [-0.3, -0.25) is 0 Å². The molecule has 1 aliphatic rings. The van der Waals surface area contributed by atoms with Crippen LogP contribution in [0.4, 0.5) is 5.82 Å². The number of rotatable bonds is 4. The van der Waals surface area contributed by atoms with Crippen molar-refractivity contribution in [3.05, 3.63) is 23.9 Å². The van der Waals surface area contributed by atoms with Gasteiger partial charge in [-0.1, -0.05) is 6.92 Å². The molecule has 0 spiro atoms. The molecular weight excluding hydrogens is 224 g/mol. The Morgan fingerprint density at radius 3 is 2.67 bits per heavy atom. The molecule has 18 heavy (non-hydrogen) atoms. The van der Waals surface area contributed by atoms with Gasteiger partial charge in [0.2, 0.25) is 0 Å². The zero-order valence-corrected chi connectivity index (χ0v) is 11.7. The first-order valence-corrected chi connectivity index (χ1v) is 6.85. The minimum atomic E-state index is 0.378. The summed E-state index contributed by atoms with van der Waals surface area (Å²) >= 11 is 0. The van der Waals surface area contributed by atoms with E-state index in [-0.39, 0.29) is 0 Å². The second-order valence-electron chi connectivity index (χ2n) is 4.88. The van der Waals surface area contributed by atoms with Crippen molar-refractivity contribution in [2.45, 2.75) is 19.9 Å². The topological polar surface area (TPSA) is 31.4 Å². The predicted octanol–water partition coefficient (Wildman–Crippen LogP) is 1.50. The van der Waals surface area contributed by atoms with Crippen molar-refractivity contribution in [3.8, 4) is 0 Å². The van der Waals surface area contributed by atoms with Gasteiger partial charge in [0, 0.05) is 38.4 Å². The lowest BCUT2D eigenvalue weighted by Gasteiger charge is -2.35. The van der Waals surface area contributed by atoms with E-state index in [2.05, 4.69) is 46.1 Å². The molecule has 100 valence electrons. The van der Waals surface area contributed by atoms with Gasteiger partial charge in [-0.15, -0.1) is 0 Å². The maximum Gasteiger partial charge on any atom is 0.128 e. The van der Waals surface area contributed by atoms with Crippen LogP contribution in [0.25, 0.3) is 0 Å². The highest BCUT2D eigenvalue weighted by atomic mass is 15.3. The zero-order chi connectivity index (χ0) is 13.0. The van der Waals surface area contributed by atoms with E-state index in [1.807, 2.05) is 13.2 Å². The maximum atomic E-state index is 4.51. The van der Waals surface area contributed by atoms with Crippen molar-refractivity contribution >= 4 is 5.82 Å². The molecule has 4 nitrogen and oxygen atoms in total. The van der Waals surface area contributed by atoms with Gasteiger partial charge in [0.05, 0.1) is 0 Å². The smallest absolute Gasteiger partial charge is 0.128 e. The van der Waals surface area contributed by atoms with Crippen LogP contribution in [0.3, 0.4) is 0 Å². The van der Waals surface area contributed by atoms with Crippen molar-refractivity contribution in [1.29, 1.82) is 0 Å². The summed E-state index contributed by atoms with van der Waals surface area (Å²) in [5, 5.41) is 3.27. The number of likely N-dealkylation sites (N-methyl/N-ethyl adjacent to an activating group) is 1. The van der Waals surface area contributed by atoms with E-state index in [4.69, 9.17) is 0 Å². The molecule has 0 radical (unpaired) electrons. The minimum Gasteiger partial charge on any atom is -0.354 e. The molecule has 0 aliphatic carbocycles. The highest BCUT2D eigenvalue weighted by Crippen LogP contribution is 2.19. The second kappa shape index (κ2) is 6.16. The van der Waals surface area contributed by atoms with Gasteiger partial charge in [-0.25, -0.2) is 4.98 Å². The van der Waals surface area contributed by atoms with Crippen LogP contribution in [0.15, 0.2) is 18.3 Å². The first-order chi connectivity index (χ1) is 8.74. The van der Waals surface area contributed by atoms with Gasteiger partial charge >= 0.3 is 0 Å². The second-order valence-corrected chi connectivity index (χ2v) is 4.88. The molecule has 1 saturated heterocycles. The molecule has 0 bridgehead atoms. The van der Waals surface area contributed by atoms with E-state index in [0.29, 0.717) is 6.04 Å². The molecule has 0 aromatic carbocycles. The average molecular weight is 248 g/mol. The van der Waals surface area contributed by atoms with E-state index in [9.17, 15) is 0 Å². The summed E-state index contributed by atoms with van der Waals surface area (Å²) in [6.07, 6.45) is 1.92. The first-order valence-electron chi connectivity index (χ1n) is 6.85. The lowest BCUT2D eigenvalue weighted by atomic mass is 10.1. The molecule has 1 atom stereocenters. The quantitative estimate of drug-likeness (QED) is 0.875. The molecule has 0 saturated carbocycles. The van der Waals surface area contributed by atoms with E-state index in [1.165, 1.54) is 5.56 Å². The summed E-state index contributed by atoms with van der Waals surface area (Å²) < 4.78 is 0. The van der Waals surface area contributed by atoms with Crippen LogP contribution in [0.5, 0.6) is 0 Å². The zero-order valence-electron chi connectivity index (χ0n) is 11.7. The lowest BCUT2D eigenvalue weighted by Crippen LogP contribution is -2.46. The van der Waals surface area contributed by atoms with Crippen LogP contribution in [-0.2, 0) is 0 Å². The van der Waals surface area contributed by atoms with Crippen LogP contribution < -0.4 is 10.2 Å². The summed E-state index contributed by atoms with van der Waals surface area (Å²) in [5.41, 5.74) is 1.31. The Hall–Kier alpha value is -1.13. The summed E-state index contributed by atoms with van der Waals surface area (Å²) in [4.78, 5) is 9.38. The number of nitrogens with one attached hydrogen (secondary N) is 1. The summed E-state index contributed by atoms with van der Waals surface area (Å²) in [6.45, 7) is 10.00. The van der Waals surface area contributed by atoms with Gasteiger partial charge in [-0.05, 0) is 38.2 Å². The van der Waals surface area contributed by atoms with Crippen LogP contribution in [0, 0.1) is 0 Å². The summed E-state index contributed by atoms with van der Waals surface area (Å²) in [5.74, 6) is 1.12. The maximum absolute atomic E-state index is 4.51. The molecule has 2 rings (SSSR count). The highest BCUT2D eigenvalue weighted by molar-refractivity contribution is 5.42. The van der Waals surface area contributed by atoms with Crippen LogP contribution in [0.1, 0.15) is 25.5 Å². The third-order valence-corrected chi connectivity index (χ3v) is 3.85. The molecule has 0 amide bonds. The molecular formula is C14H24N4. The first kappa shape index (κ1) is 13.3. The third kappa shape index (κ3) is 3.00. The van der Waals surface area contributed by atoms with Gasteiger partial charge in [0.1, 0.15) is 5.82 Å². The van der Waals surface area contributed by atoms with E-state index < -0.39 is 0 Å². The Morgan fingerprint density at radius 2 is 2.06 bits per heavy atom. The number of hydrogen-bond donors (Lipinski definition) is 1. The van der Waals surface area contributed by atoms with Gasteiger partial charge in [0.15, 0.2) is 0 Å². The average Bonchev–Trinajstić information content (AvgIpc) is 2.46. The fourth-order valence-corrected chi connectivity index (χ4v) is 2.34. The summed E-state index contributed by atoms with van der Waals surface area (Å²) in [6, 6.07) is 4.68. The Morgan fingerprint density at radius 1 is 1.33 bits per heavy atom. The number of pyridine rings is 1. The molecule has 1 unspecified atom stereocenters. The lowest BCUT2D eigenvalue weighted by molar-refractivity contribution is 0.270. The Labute approximate surface area is 110 Å². The molecule has 1 aromatic heterocycles. The number of piperazine rings is 1. The predicted molar refractivity (Wildman–Crippen MR) is 76.0 cm³/mol. The van der Waals surface area contributed by atoms with Crippen molar-refractivity contribution in [3.63, 3.8) is 0 Å². The Kier molecular flexibility index (Phi) is 4.55. The largest absolute Gasteiger partial charge is 0.354 e. The Balaban J connectivity index is 2.05. The normalized spacial score (nSPS) is 18.9. The van der Waals surface area contributed by atoms with Crippen LogP contribution in [0.2, 0.25) is 0 Å². The van der Waals surface area contributed by atoms with E-state index in [0.717, 1.165) is 38.5 Å². The van der Waals surface area contributed by atoms with E-state index >= 15 is 0 Å². The van der Waals surface area contributed by atoms with Crippen molar-refractivity contribution in [1.82, 2.24) is 15.2 Å². The van der Waals surface area contributed by atoms with Gasteiger partial charge in [0.25, 0.3) is 0 Å². The number of anilines is 1. The van der Waals surface area contributed by atoms with Gasteiger partial charge in [-0.2, -0.15) is 0 Å². The number of hydrogen-bond acceptors (Lipinski definition) is 4. The van der Waals surface area contributed by atoms with Crippen molar-refractivity contribution < 1.29 is 0 Å². The number of aromatic nitrogens is 1. The van der Waals surface area contributed by atoms with Crippen molar-refractivity contribution in [2.75, 3.05) is 44.7 Å². The van der Waals surface area contributed by atoms with Crippen LogP contribution >= 0.6 is 0 Å². The molecule has 1 N–H and O–H groups in total. The monoisotopic (exact) mass is 248 g/mol. The fourth-order valence-electron chi connectivity index (χ4n) is 2.34. The molecule has 1 aromatic rings. The van der Waals surface area contributed by atoms with Crippen molar-refractivity contribution in [2.24, 2.45) is 0 Å². The minimum absolute atomic E-state index is 0.378. The molecule has 1 aliphatic heterocycles. The number of nitrogens with zero attached hydrogens (tertiary/aromatic N) is 3. The Bertz CT molecular complexity index is 372. The standard InChI is InChI=1S/C14H24N4/c1-4-17-7-9-18(10-8-17)14-11-13(5-6-16-14)12(2)15-3/h5-6,11-12,15H,4,7-10H2,1-3H3. The van der Waals surface area contributed by atoms with E-state index in [1.54, 1.807) is 0 Å². The molecule has 2 heterocycles. The molecule has 1 fully saturated rings. The molecule has 4 heteroatoms.